The molecule has 1 aromatic rings. The number of carbonyl (C=O) groups is 2. The number of methoxy groups -OCH3 is 1. The van der Waals surface area contributed by atoms with Gasteiger partial charge in [0.15, 0.2) is 5.75 Å². The van der Waals surface area contributed by atoms with Gasteiger partial charge in [0.25, 0.3) is 0 Å². The van der Waals surface area contributed by atoms with Crippen LogP contribution in [-0.4, -0.2) is 29.1 Å². The van der Waals surface area contributed by atoms with Crippen LogP contribution in [0, 0.1) is 10.1 Å². The molecule has 18 heavy (non-hydrogen) atoms. The number of aromatic carboxylic acids is 1. The normalized spacial score (nSPS) is 9.67. The number of nitrogens with zero attached hydrogens (tertiary/aromatic N) is 1. The Morgan fingerprint density at radius 2 is 2.00 bits per heavy atom. The van der Waals surface area contributed by atoms with Crippen LogP contribution in [0.5, 0.6) is 11.5 Å². The quantitative estimate of drug-likeness (QED) is 0.372. The minimum Gasteiger partial charge on any atom is -0.493 e. The summed E-state index contributed by atoms with van der Waals surface area (Å²) in [6.07, 6.45) is 0. The zero-order chi connectivity index (χ0) is 13.9. The van der Waals surface area contributed by atoms with Crippen molar-refractivity contribution < 1.29 is 29.1 Å². The van der Waals surface area contributed by atoms with E-state index in [1.54, 1.807) is 0 Å². The first-order chi connectivity index (χ1) is 8.36. The highest BCUT2D eigenvalue weighted by Crippen LogP contribution is 2.38. The second-order valence-corrected chi connectivity index (χ2v) is 3.18. The van der Waals surface area contributed by atoms with Crippen molar-refractivity contribution in [3.63, 3.8) is 0 Å². The number of benzene rings is 1. The van der Waals surface area contributed by atoms with Crippen LogP contribution in [0.3, 0.4) is 0 Å². The molecule has 8 heteroatoms. The lowest BCUT2D eigenvalue weighted by Gasteiger charge is -2.09. The molecule has 0 spiro atoms. The molecule has 0 unspecified atom stereocenters. The number of hydrogen-bond acceptors (Lipinski definition) is 6. The van der Waals surface area contributed by atoms with Crippen molar-refractivity contribution >= 4 is 17.6 Å². The molecule has 0 aliphatic heterocycles. The van der Waals surface area contributed by atoms with E-state index in [4.69, 9.17) is 9.84 Å². The Hall–Kier alpha value is -2.64. The number of ether oxygens (including phenoxy) is 2. The molecule has 0 aliphatic carbocycles. The van der Waals surface area contributed by atoms with Crippen molar-refractivity contribution in [3.05, 3.63) is 27.8 Å². The number of carboxylic acid groups (broad SMARTS) is 1. The Morgan fingerprint density at radius 3 is 2.39 bits per heavy atom. The van der Waals surface area contributed by atoms with Gasteiger partial charge in [-0.15, -0.1) is 0 Å². The Balaban J connectivity index is 3.50. The molecule has 0 heterocycles. The van der Waals surface area contributed by atoms with Crippen LogP contribution in [-0.2, 0) is 4.79 Å². The third-order valence-corrected chi connectivity index (χ3v) is 1.94. The fourth-order valence-electron chi connectivity index (χ4n) is 1.24. The number of carboxylic acids is 1. The molecule has 1 aromatic carbocycles. The fourth-order valence-corrected chi connectivity index (χ4v) is 1.24. The van der Waals surface area contributed by atoms with Gasteiger partial charge >= 0.3 is 17.6 Å². The molecule has 0 atom stereocenters. The van der Waals surface area contributed by atoms with Gasteiger partial charge in [-0.3, -0.25) is 14.9 Å². The maximum Gasteiger partial charge on any atom is 0.336 e. The van der Waals surface area contributed by atoms with Gasteiger partial charge in [0.05, 0.1) is 17.6 Å². The zero-order valence-corrected chi connectivity index (χ0v) is 9.50. The molecule has 0 bridgehead atoms. The molecule has 1 N–H and O–H groups in total. The van der Waals surface area contributed by atoms with Gasteiger partial charge in [-0.25, -0.2) is 4.79 Å². The Bertz CT molecular complexity index is 523. The summed E-state index contributed by atoms with van der Waals surface area (Å²) >= 11 is 0. The van der Waals surface area contributed by atoms with Crippen LogP contribution in [0.2, 0.25) is 0 Å². The van der Waals surface area contributed by atoms with Gasteiger partial charge in [0, 0.05) is 13.0 Å². The molecular weight excluding hydrogens is 246 g/mol. The summed E-state index contributed by atoms with van der Waals surface area (Å²) in [6.45, 7) is 1.06. The third-order valence-electron chi connectivity index (χ3n) is 1.94. The first-order valence-electron chi connectivity index (χ1n) is 4.65. The predicted molar refractivity (Wildman–Crippen MR) is 57.9 cm³/mol. The molecule has 0 fully saturated rings. The van der Waals surface area contributed by atoms with Gasteiger partial charge in [-0.05, 0) is 6.07 Å². The summed E-state index contributed by atoms with van der Waals surface area (Å²) in [6, 6.07) is 1.83. The monoisotopic (exact) mass is 255 g/mol. The van der Waals surface area contributed by atoms with E-state index in [0.29, 0.717) is 0 Å². The van der Waals surface area contributed by atoms with E-state index >= 15 is 0 Å². The topological polar surface area (TPSA) is 116 Å². The second kappa shape index (κ2) is 5.13. The fraction of sp³-hybridized carbons (Fsp3) is 0.200. The van der Waals surface area contributed by atoms with E-state index in [0.717, 1.165) is 19.1 Å². The van der Waals surface area contributed by atoms with E-state index in [-0.39, 0.29) is 11.3 Å². The molecule has 0 aliphatic rings. The van der Waals surface area contributed by atoms with E-state index in [1.807, 2.05) is 0 Å². The maximum absolute atomic E-state index is 10.9. The van der Waals surface area contributed by atoms with E-state index < -0.39 is 28.3 Å². The average molecular weight is 255 g/mol. The molecule has 0 amide bonds. The molecule has 0 saturated heterocycles. The SMILES string of the molecule is COc1cc(C(=O)O)cc([N+](=O)[O-])c1OC(C)=O. The summed E-state index contributed by atoms with van der Waals surface area (Å²) in [7, 11) is 1.18. The third kappa shape index (κ3) is 2.73. The Kier molecular flexibility index (Phi) is 3.82. The number of rotatable bonds is 4. The lowest BCUT2D eigenvalue weighted by atomic mass is 10.1. The van der Waals surface area contributed by atoms with Crippen LogP contribution in [0.4, 0.5) is 5.69 Å². The lowest BCUT2D eigenvalue weighted by molar-refractivity contribution is -0.385. The van der Waals surface area contributed by atoms with Crippen molar-refractivity contribution in [1.29, 1.82) is 0 Å². The van der Waals surface area contributed by atoms with Gasteiger partial charge in [-0.2, -0.15) is 0 Å². The second-order valence-electron chi connectivity index (χ2n) is 3.18. The Morgan fingerprint density at radius 1 is 1.39 bits per heavy atom. The minimum atomic E-state index is -1.36. The first-order valence-corrected chi connectivity index (χ1v) is 4.65. The van der Waals surface area contributed by atoms with Crippen LogP contribution >= 0.6 is 0 Å². The van der Waals surface area contributed by atoms with Crippen LogP contribution < -0.4 is 9.47 Å². The summed E-state index contributed by atoms with van der Waals surface area (Å²) in [5, 5.41) is 19.6. The highest BCUT2D eigenvalue weighted by Gasteiger charge is 2.25. The van der Waals surface area contributed by atoms with Gasteiger partial charge in [0.2, 0.25) is 5.75 Å². The number of nitro groups is 1. The summed E-state index contributed by atoms with van der Waals surface area (Å²) in [5.74, 6) is -2.75. The van der Waals surface area contributed by atoms with Crippen molar-refractivity contribution in [2.75, 3.05) is 7.11 Å². The van der Waals surface area contributed by atoms with E-state index in [1.165, 1.54) is 7.11 Å². The summed E-state index contributed by atoms with van der Waals surface area (Å²) in [5.41, 5.74) is -0.989. The number of esters is 1. The minimum absolute atomic E-state index is 0.197. The van der Waals surface area contributed by atoms with E-state index in [9.17, 15) is 19.7 Å². The van der Waals surface area contributed by atoms with Gasteiger partial charge in [-0.1, -0.05) is 0 Å². The Labute approximate surface area is 101 Å². The lowest BCUT2D eigenvalue weighted by Crippen LogP contribution is -2.07. The van der Waals surface area contributed by atoms with Crippen LogP contribution in [0.25, 0.3) is 0 Å². The summed E-state index contributed by atoms with van der Waals surface area (Å²) in [4.78, 5) is 31.6. The number of nitro benzene ring substituents is 1. The highest BCUT2D eigenvalue weighted by molar-refractivity contribution is 5.90. The first kappa shape index (κ1) is 13.4. The number of carbonyl (C=O) groups excluding carboxylic acids is 1. The van der Waals surface area contributed by atoms with Crippen LogP contribution in [0.1, 0.15) is 17.3 Å². The predicted octanol–water partition coefficient (Wildman–Crippen LogP) is 1.23. The van der Waals surface area contributed by atoms with Crippen LogP contribution in [0.15, 0.2) is 12.1 Å². The smallest absolute Gasteiger partial charge is 0.336 e. The van der Waals surface area contributed by atoms with Crippen molar-refractivity contribution in [2.24, 2.45) is 0 Å². The molecule has 0 aromatic heterocycles. The maximum atomic E-state index is 10.9. The van der Waals surface area contributed by atoms with E-state index in [2.05, 4.69) is 4.74 Å². The van der Waals surface area contributed by atoms with Crippen molar-refractivity contribution in [3.8, 4) is 11.5 Å². The molecule has 8 nitrogen and oxygen atoms in total. The number of hydrogen-bond donors (Lipinski definition) is 1. The molecule has 0 radical (unpaired) electrons. The highest BCUT2D eigenvalue weighted by atomic mass is 16.6. The average Bonchev–Trinajstić information content (AvgIpc) is 2.27. The standard InChI is InChI=1S/C10H9NO7/c1-5(12)18-9-7(11(15)16)3-6(10(13)14)4-8(9)17-2/h3-4H,1-2H3,(H,13,14). The molecule has 96 valence electrons. The van der Waals surface area contributed by atoms with Crippen molar-refractivity contribution in [1.82, 2.24) is 0 Å². The molecule has 0 saturated carbocycles. The van der Waals surface area contributed by atoms with Crippen molar-refractivity contribution in [2.45, 2.75) is 6.92 Å². The molecular formula is C10H9NO7. The molecule has 1 rings (SSSR count). The zero-order valence-electron chi connectivity index (χ0n) is 9.50. The summed E-state index contributed by atoms with van der Waals surface area (Å²) < 4.78 is 9.45. The van der Waals surface area contributed by atoms with Gasteiger partial charge in [0.1, 0.15) is 0 Å². The van der Waals surface area contributed by atoms with Gasteiger partial charge < -0.3 is 14.6 Å². The largest absolute Gasteiger partial charge is 0.493 e.